The fourth-order valence-electron chi connectivity index (χ4n) is 1.54. The summed E-state index contributed by atoms with van der Waals surface area (Å²) >= 11 is 13.1. The first-order chi connectivity index (χ1) is 10.0. The minimum Gasteiger partial charge on any atom is -0.469 e. The van der Waals surface area contributed by atoms with Crippen LogP contribution in [-0.2, 0) is 16.0 Å². The highest BCUT2D eigenvalue weighted by Gasteiger charge is 2.16. The Morgan fingerprint density at radius 3 is 2.62 bits per heavy atom. The molecule has 1 heterocycles. The van der Waals surface area contributed by atoms with Crippen LogP contribution in [0.15, 0.2) is 23.6 Å². The third-order valence-electron chi connectivity index (χ3n) is 2.52. The lowest BCUT2D eigenvalue weighted by atomic mass is 10.2. The summed E-state index contributed by atoms with van der Waals surface area (Å²) in [5, 5.41) is 5.13. The molecule has 0 fully saturated rings. The lowest BCUT2D eigenvalue weighted by molar-refractivity contribution is -0.139. The van der Waals surface area contributed by atoms with Crippen LogP contribution in [0.5, 0.6) is 0 Å². The molecule has 1 aromatic heterocycles. The highest BCUT2D eigenvalue weighted by molar-refractivity contribution is 7.14. The molecule has 1 amide bonds. The summed E-state index contributed by atoms with van der Waals surface area (Å²) in [5.41, 5.74) is 0.706. The number of ether oxygens (including phenoxy) is 1. The van der Waals surface area contributed by atoms with Crippen LogP contribution in [0, 0.1) is 0 Å². The minimum atomic E-state index is -0.454. The number of benzene rings is 1. The van der Waals surface area contributed by atoms with E-state index in [4.69, 9.17) is 23.2 Å². The Labute approximate surface area is 134 Å². The van der Waals surface area contributed by atoms with Gasteiger partial charge in [-0.15, -0.1) is 11.3 Å². The Bertz CT molecular complexity index is 668. The molecule has 0 atom stereocenters. The molecule has 8 heteroatoms. The van der Waals surface area contributed by atoms with Crippen LogP contribution in [0.25, 0.3) is 0 Å². The summed E-state index contributed by atoms with van der Waals surface area (Å²) in [7, 11) is 1.30. The standard InChI is InChI=1S/C13H10Cl2N2O3S/c1-20-10(18)5-7-6-21-13(16-7)17-12(19)11-8(14)3-2-4-9(11)15/h2-4,6H,5H2,1H3,(H,16,17,19). The molecule has 2 rings (SSSR count). The van der Waals surface area contributed by atoms with E-state index in [0.717, 1.165) is 0 Å². The molecule has 1 N–H and O–H groups in total. The van der Waals surface area contributed by atoms with E-state index in [2.05, 4.69) is 15.0 Å². The first-order valence-electron chi connectivity index (χ1n) is 5.78. The van der Waals surface area contributed by atoms with E-state index in [9.17, 15) is 9.59 Å². The van der Waals surface area contributed by atoms with Crippen molar-refractivity contribution in [1.82, 2.24) is 4.98 Å². The van der Waals surface area contributed by atoms with Gasteiger partial charge in [-0.25, -0.2) is 4.98 Å². The average Bonchev–Trinajstić information content (AvgIpc) is 2.85. The predicted molar refractivity (Wildman–Crippen MR) is 82.2 cm³/mol. The minimum absolute atomic E-state index is 0.0513. The number of aromatic nitrogens is 1. The highest BCUT2D eigenvalue weighted by Crippen LogP contribution is 2.26. The number of methoxy groups -OCH3 is 1. The Morgan fingerprint density at radius 1 is 1.33 bits per heavy atom. The molecular formula is C13H10Cl2N2O3S. The summed E-state index contributed by atoms with van der Waals surface area (Å²) in [6.45, 7) is 0. The van der Waals surface area contributed by atoms with Crippen molar-refractivity contribution < 1.29 is 14.3 Å². The van der Waals surface area contributed by atoms with Gasteiger partial charge < -0.3 is 4.74 Å². The lowest BCUT2D eigenvalue weighted by Crippen LogP contribution is -2.13. The van der Waals surface area contributed by atoms with Crippen molar-refractivity contribution in [1.29, 1.82) is 0 Å². The molecule has 0 aliphatic rings. The number of carbonyl (C=O) groups excluding carboxylic acids is 2. The number of amides is 1. The van der Waals surface area contributed by atoms with Gasteiger partial charge >= 0.3 is 5.97 Å². The van der Waals surface area contributed by atoms with Crippen LogP contribution in [0.4, 0.5) is 5.13 Å². The van der Waals surface area contributed by atoms with E-state index >= 15 is 0 Å². The van der Waals surface area contributed by atoms with Crippen LogP contribution in [0.2, 0.25) is 10.0 Å². The van der Waals surface area contributed by atoms with Crippen LogP contribution in [-0.4, -0.2) is 24.0 Å². The van der Waals surface area contributed by atoms with Crippen LogP contribution >= 0.6 is 34.5 Å². The lowest BCUT2D eigenvalue weighted by Gasteiger charge is -2.05. The summed E-state index contributed by atoms with van der Waals surface area (Å²) in [6, 6.07) is 4.80. The van der Waals surface area contributed by atoms with Crippen molar-refractivity contribution in [2.75, 3.05) is 12.4 Å². The van der Waals surface area contributed by atoms with Gasteiger partial charge in [0, 0.05) is 5.38 Å². The normalized spacial score (nSPS) is 10.2. The molecule has 0 saturated heterocycles. The number of hydrogen-bond donors (Lipinski definition) is 1. The maximum Gasteiger partial charge on any atom is 0.311 e. The summed E-state index contributed by atoms with van der Waals surface area (Å²) in [5.74, 6) is -0.850. The fraction of sp³-hybridized carbons (Fsp3) is 0.154. The third kappa shape index (κ3) is 3.93. The number of nitrogens with one attached hydrogen (secondary N) is 1. The van der Waals surface area contributed by atoms with Gasteiger partial charge in [-0.1, -0.05) is 29.3 Å². The molecule has 0 radical (unpaired) electrons. The van der Waals surface area contributed by atoms with Crippen molar-refractivity contribution in [3.8, 4) is 0 Å². The summed E-state index contributed by atoms with van der Waals surface area (Å²) in [6.07, 6.45) is 0.0513. The molecular weight excluding hydrogens is 335 g/mol. The molecule has 0 aliphatic heterocycles. The largest absolute Gasteiger partial charge is 0.469 e. The van der Waals surface area contributed by atoms with E-state index in [1.54, 1.807) is 23.6 Å². The first-order valence-corrected chi connectivity index (χ1v) is 7.41. The molecule has 0 aliphatic carbocycles. The van der Waals surface area contributed by atoms with Crippen molar-refractivity contribution in [2.45, 2.75) is 6.42 Å². The quantitative estimate of drug-likeness (QED) is 0.862. The zero-order valence-electron chi connectivity index (χ0n) is 10.9. The Hall–Kier alpha value is -1.63. The van der Waals surface area contributed by atoms with Crippen LogP contribution < -0.4 is 5.32 Å². The number of carbonyl (C=O) groups is 2. The molecule has 0 bridgehead atoms. The Morgan fingerprint density at radius 2 is 2.00 bits per heavy atom. The monoisotopic (exact) mass is 344 g/mol. The van der Waals surface area contributed by atoms with E-state index in [1.807, 2.05) is 0 Å². The third-order valence-corrected chi connectivity index (χ3v) is 3.95. The smallest absolute Gasteiger partial charge is 0.311 e. The number of thiazole rings is 1. The van der Waals surface area contributed by atoms with Crippen LogP contribution in [0.1, 0.15) is 16.1 Å². The van der Waals surface area contributed by atoms with E-state index in [1.165, 1.54) is 18.4 Å². The van der Waals surface area contributed by atoms with Gasteiger partial charge in [0.05, 0.1) is 34.8 Å². The number of rotatable bonds is 4. The maximum absolute atomic E-state index is 12.1. The molecule has 5 nitrogen and oxygen atoms in total. The van der Waals surface area contributed by atoms with Gasteiger partial charge in [0.2, 0.25) is 0 Å². The predicted octanol–water partition coefficient (Wildman–Crippen LogP) is 3.42. The van der Waals surface area contributed by atoms with Gasteiger partial charge in [-0.05, 0) is 12.1 Å². The maximum atomic E-state index is 12.1. The van der Waals surface area contributed by atoms with E-state index < -0.39 is 11.9 Å². The molecule has 0 spiro atoms. The van der Waals surface area contributed by atoms with Gasteiger partial charge in [-0.3, -0.25) is 14.9 Å². The van der Waals surface area contributed by atoms with Crippen molar-refractivity contribution in [3.63, 3.8) is 0 Å². The van der Waals surface area contributed by atoms with E-state index in [0.29, 0.717) is 10.8 Å². The van der Waals surface area contributed by atoms with Crippen molar-refractivity contribution in [2.24, 2.45) is 0 Å². The number of esters is 1. The first kappa shape index (κ1) is 15.8. The second kappa shape index (κ2) is 6.89. The number of anilines is 1. The van der Waals surface area contributed by atoms with E-state index in [-0.39, 0.29) is 22.0 Å². The average molecular weight is 345 g/mol. The Balaban J connectivity index is 2.12. The number of halogens is 2. The molecule has 0 unspecified atom stereocenters. The van der Waals surface area contributed by atoms with Crippen molar-refractivity contribution in [3.05, 3.63) is 44.9 Å². The van der Waals surface area contributed by atoms with Gasteiger partial charge in [-0.2, -0.15) is 0 Å². The number of nitrogens with zero attached hydrogens (tertiary/aromatic N) is 1. The zero-order valence-corrected chi connectivity index (χ0v) is 13.2. The molecule has 21 heavy (non-hydrogen) atoms. The van der Waals surface area contributed by atoms with Gasteiger partial charge in [0.25, 0.3) is 5.91 Å². The molecule has 110 valence electrons. The second-order valence-electron chi connectivity index (χ2n) is 3.95. The Kier molecular flexibility index (Phi) is 5.17. The van der Waals surface area contributed by atoms with Crippen LogP contribution in [0.3, 0.4) is 0 Å². The second-order valence-corrected chi connectivity index (χ2v) is 5.62. The SMILES string of the molecule is COC(=O)Cc1csc(NC(=O)c2c(Cl)cccc2Cl)n1. The number of hydrogen-bond acceptors (Lipinski definition) is 5. The van der Waals surface area contributed by atoms with Gasteiger partial charge in [0.15, 0.2) is 5.13 Å². The highest BCUT2D eigenvalue weighted by atomic mass is 35.5. The van der Waals surface area contributed by atoms with Crippen molar-refractivity contribution >= 4 is 51.5 Å². The van der Waals surface area contributed by atoms with Gasteiger partial charge in [0.1, 0.15) is 0 Å². The fourth-order valence-corrected chi connectivity index (χ4v) is 2.81. The molecule has 0 saturated carbocycles. The molecule has 2 aromatic rings. The molecule has 1 aromatic carbocycles. The summed E-state index contributed by atoms with van der Waals surface area (Å²) in [4.78, 5) is 27.4. The zero-order chi connectivity index (χ0) is 15.4. The summed E-state index contributed by atoms with van der Waals surface area (Å²) < 4.78 is 4.55. The topological polar surface area (TPSA) is 68.3 Å².